The van der Waals surface area contributed by atoms with Crippen LogP contribution in [0.4, 0.5) is 8.78 Å². The SMILES string of the molecule is CC(C)C(C(=O)NC1CCN(Cc2ccccc2)C1)n1cnc2cc(F)c(F)cc21. The molecule has 1 aliphatic heterocycles. The van der Waals surface area contributed by atoms with Gasteiger partial charge in [-0.3, -0.25) is 9.69 Å². The zero-order chi connectivity index (χ0) is 21.3. The number of amides is 1. The van der Waals surface area contributed by atoms with Crippen LogP contribution in [0.5, 0.6) is 0 Å². The Kier molecular flexibility index (Phi) is 5.81. The van der Waals surface area contributed by atoms with Crippen LogP contribution in [0.2, 0.25) is 0 Å². The number of aromatic nitrogens is 2. The van der Waals surface area contributed by atoms with Crippen molar-refractivity contribution in [3.8, 4) is 0 Å². The molecule has 5 nitrogen and oxygen atoms in total. The van der Waals surface area contributed by atoms with Gasteiger partial charge in [0.25, 0.3) is 0 Å². The van der Waals surface area contributed by atoms with Gasteiger partial charge in [-0.2, -0.15) is 0 Å². The van der Waals surface area contributed by atoms with Crippen LogP contribution in [-0.4, -0.2) is 39.5 Å². The van der Waals surface area contributed by atoms with Gasteiger partial charge in [0.15, 0.2) is 11.6 Å². The summed E-state index contributed by atoms with van der Waals surface area (Å²) in [5.41, 5.74) is 2.01. The number of rotatable bonds is 6. The molecule has 1 saturated heterocycles. The Bertz CT molecular complexity index is 1030. The largest absolute Gasteiger partial charge is 0.350 e. The van der Waals surface area contributed by atoms with Gasteiger partial charge < -0.3 is 9.88 Å². The van der Waals surface area contributed by atoms with Gasteiger partial charge in [0.1, 0.15) is 6.04 Å². The number of imidazole rings is 1. The summed E-state index contributed by atoms with van der Waals surface area (Å²) in [6.07, 6.45) is 2.37. The van der Waals surface area contributed by atoms with E-state index >= 15 is 0 Å². The van der Waals surface area contributed by atoms with Crippen LogP contribution >= 0.6 is 0 Å². The van der Waals surface area contributed by atoms with Crippen molar-refractivity contribution in [2.45, 2.75) is 38.9 Å². The second-order valence-corrected chi connectivity index (χ2v) is 8.31. The van der Waals surface area contributed by atoms with E-state index in [0.717, 1.165) is 38.2 Å². The summed E-state index contributed by atoms with van der Waals surface area (Å²) in [5.74, 6) is -2.06. The molecule has 2 unspecified atom stereocenters. The Labute approximate surface area is 174 Å². The van der Waals surface area contributed by atoms with Crippen LogP contribution in [0, 0.1) is 17.6 Å². The van der Waals surface area contributed by atoms with Gasteiger partial charge in [-0.15, -0.1) is 0 Å². The molecular weight excluding hydrogens is 386 g/mol. The summed E-state index contributed by atoms with van der Waals surface area (Å²) in [7, 11) is 0. The third kappa shape index (κ3) is 4.21. The van der Waals surface area contributed by atoms with Crippen molar-refractivity contribution in [2.24, 2.45) is 5.92 Å². The Balaban J connectivity index is 1.47. The molecule has 1 amide bonds. The minimum Gasteiger partial charge on any atom is -0.350 e. The summed E-state index contributed by atoms with van der Waals surface area (Å²) in [4.78, 5) is 19.6. The summed E-state index contributed by atoms with van der Waals surface area (Å²) >= 11 is 0. The number of fused-ring (bicyclic) bond motifs is 1. The summed E-state index contributed by atoms with van der Waals surface area (Å²) in [6, 6.07) is 12.0. The standard InChI is InChI=1S/C23H26F2N4O/c1-15(2)22(29-14-26-20-10-18(24)19(25)11-21(20)29)23(30)27-17-8-9-28(13-17)12-16-6-4-3-5-7-16/h3-7,10-11,14-15,17,22H,8-9,12-13H2,1-2H3,(H,27,30). The normalized spacial score (nSPS) is 18.2. The van der Waals surface area contributed by atoms with Crippen LogP contribution < -0.4 is 5.32 Å². The lowest BCUT2D eigenvalue weighted by Gasteiger charge is -2.25. The van der Waals surface area contributed by atoms with E-state index in [-0.39, 0.29) is 17.9 Å². The first kappa shape index (κ1) is 20.5. The minimum atomic E-state index is -0.945. The van der Waals surface area contributed by atoms with Gasteiger partial charge in [-0.1, -0.05) is 44.2 Å². The van der Waals surface area contributed by atoms with E-state index in [0.29, 0.717) is 11.0 Å². The molecule has 1 aliphatic rings. The van der Waals surface area contributed by atoms with Gasteiger partial charge in [0.2, 0.25) is 5.91 Å². The molecule has 0 spiro atoms. The van der Waals surface area contributed by atoms with Gasteiger partial charge in [0, 0.05) is 37.8 Å². The first-order chi connectivity index (χ1) is 14.4. The number of benzene rings is 2. The third-order valence-electron chi connectivity index (χ3n) is 5.68. The van der Waals surface area contributed by atoms with Gasteiger partial charge in [0.05, 0.1) is 17.4 Å². The summed E-state index contributed by atoms with van der Waals surface area (Å²) in [5, 5.41) is 3.16. The predicted octanol–water partition coefficient (Wildman–Crippen LogP) is 3.90. The zero-order valence-electron chi connectivity index (χ0n) is 17.2. The number of nitrogens with one attached hydrogen (secondary N) is 1. The lowest BCUT2D eigenvalue weighted by molar-refractivity contribution is -0.126. The molecular formula is C23H26F2N4O. The molecule has 7 heteroatoms. The quantitative estimate of drug-likeness (QED) is 0.668. The fraction of sp³-hybridized carbons (Fsp3) is 0.391. The van der Waals surface area contributed by atoms with Gasteiger partial charge in [-0.25, -0.2) is 13.8 Å². The zero-order valence-corrected chi connectivity index (χ0v) is 17.2. The highest BCUT2D eigenvalue weighted by molar-refractivity contribution is 5.84. The van der Waals surface area contributed by atoms with Crippen LogP contribution in [0.1, 0.15) is 31.9 Å². The predicted molar refractivity (Wildman–Crippen MR) is 112 cm³/mol. The maximum Gasteiger partial charge on any atom is 0.243 e. The highest BCUT2D eigenvalue weighted by Gasteiger charge is 2.30. The molecule has 0 saturated carbocycles. The number of hydrogen-bond acceptors (Lipinski definition) is 3. The van der Waals surface area contributed by atoms with Crippen molar-refractivity contribution in [1.82, 2.24) is 19.8 Å². The van der Waals surface area contributed by atoms with Crippen LogP contribution in [0.25, 0.3) is 11.0 Å². The average molecular weight is 412 g/mol. The van der Waals surface area contributed by atoms with Crippen molar-refractivity contribution in [3.05, 3.63) is 66.0 Å². The number of nitrogens with zero attached hydrogens (tertiary/aromatic N) is 3. The highest BCUT2D eigenvalue weighted by atomic mass is 19.2. The lowest BCUT2D eigenvalue weighted by Crippen LogP contribution is -2.42. The maximum absolute atomic E-state index is 13.8. The second kappa shape index (κ2) is 8.52. The van der Waals surface area contributed by atoms with Crippen molar-refractivity contribution in [3.63, 3.8) is 0 Å². The van der Waals surface area contributed by atoms with E-state index in [1.54, 1.807) is 4.57 Å². The first-order valence-corrected chi connectivity index (χ1v) is 10.3. The maximum atomic E-state index is 13.8. The first-order valence-electron chi connectivity index (χ1n) is 10.3. The van der Waals surface area contributed by atoms with Crippen molar-refractivity contribution in [1.29, 1.82) is 0 Å². The lowest BCUT2D eigenvalue weighted by atomic mass is 10.0. The Morgan fingerprint density at radius 2 is 1.93 bits per heavy atom. The molecule has 2 atom stereocenters. The number of halogens is 2. The summed E-state index contributed by atoms with van der Waals surface area (Å²) < 4.78 is 29.0. The second-order valence-electron chi connectivity index (χ2n) is 8.31. The molecule has 30 heavy (non-hydrogen) atoms. The minimum absolute atomic E-state index is 0.0441. The monoisotopic (exact) mass is 412 g/mol. The van der Waals surface area contributed by atoms with E-state index in [4.69, 9.17) is 0 Å². The van der Waals surface area contributed by atoms with E-state index in [1.807, 2.05) is 32.0 Å². The Hall–Kier alpha value is -2.80. The number of carbonyl (C=O) groups excluding carboxylic acids is 1. The third-order valence-corrected chi connectivity index (χ3v) is 5.68. The fourth-order valence-corrected chi connectivity index (χ4v) is 4.22. The van der Waals surface area contributed by atoms with E-state index < -0.39 is 17.7 Å². The fourth-order valence-electron chi connectivity index (χ4n) is 4.22. The van der Waals surface area contributed by atoms with E-state index in [2.05, 4.69) is 27.3 Å². The highest BCUT2D eigenvalue weighted by Crippen LogP contribution is 2.26. The summed E-state index contributed by atoms with van der Waals surface area (Å²) in [6.45, 7) is 6.44. The number of likely N-dealkylation sites (tertiary alicyclic amines) is 1. The molecule has 2 aromatic carbocycles. The van der Waals surface area contributed by atoms with Crippen LogP contribution in [0.3, 0.4) is 0 Å². The molecule has 4 rings (SSSR count). The molecule has 1 fully saturated rings. The Morgan fingerprint density at radius 3 is 2.67 bits per heavy atom. The van der Waals surface area contributed by atoms with Crippen molar-refractivity contribution >= 4 is 16.9 Å². The smallest absolute Gasteiger partial charge is 0.243 e. The van der Waals surface area contributed by atoms with Gasteiger partial charge in [-0.05, 0) is 17.9 Å². The van der Waals surface area contributed by atoms with E-state index in [1.165, 1.54) is 11.9 Å². The molecule has 3 aromatic rings. The van der Waals surface area contributed by atoms with Gasteiger partial charge >= 0.3 is 0 Å². The molecule has 0 radical (unpaired) electrons. The average Bonchev–Trinajstić information content (AvgIpc) is 3.30. The van der Waals surface area contributed by atoms with Crippen molar-refractivity contribution in [2.75, 3.05) is 13.1 Å². The molecule has 1 aromatic heterocycles. The molecule has 0 bridgehead atoms. The number of carbonyl (C=O) groups is 1. The van der Waals surface area contributed by atoms with Crippen molar-refractivity contribution < 1.29 is 13.6 Å². The topological polar surface area (TPSA) is 50.2 Å². The molecule has 158 valence electrons. The Morgan fingerprint density at radius 1 is 1.20 bits per heavy atom. The molecule has 2 heterocycles. The number of hydrogen-bond donors (Lipinski definition) is 1. The molecule has 0 aliphatic carbocycles. The van der Waals surface area contributed by atoms with Crippen LogP contribution in [0.15, 0.2) is 48.8 Å². The van der Waals surface area contributed by atoms with E-state index in [9.17, 15) is 13.6 Å². The van der Waals surface area contributed by atoms with Crippen LogP contribution in [-0.2, 0) is 11.3 Å². The molecule has 1 N–H and O–H groups in total.